The molecule has 0 aliphatic carbocycles. The van der Waals surface area contributed by atoms with E-state index in [4.69, 9.17) is 21.6 Å². The normalized spacial score (nSPS) is 11.5. The fourth-order valence-corrected chi connectivity index (χ4v) is 1.75. The van der Waals surface area contributed by atoms with Crippen LogP contribution in [-0.2, 0) is 13.7 Å². The van der Waals surface area contributed by atoms with Gasteiger partial charge in [-0.3, -0.25) is 0 Å². The van der Waals surface area contributed by atoms with Gasteiger partial charge in [-0.15, -0.1) is 0 Å². The van der Waals surface area contributed by atoms with Crippen LogP contribution in [-0.4, -0.2) is 9.55 Å². The molecule has 0 spiro atoms. The monoisotopic (exact) mass is 284 g/mol. The molecule has 2 aromatic rings. The molecule has 0 unspecified atom stereocenters. The van der Waals surface area contributed by atoms with E-state index < -0.39 is 0 Å². The van der Waals surface area contributed by atoms with Crippen LogP contribution in [0, 0.1) is 11.3 Å². The van der Waals surface area contributed by atoms with Gasteiger partial charge in [-0.05, 0) is 12.1 Å². The molecule has 0 bridgehead atoms. The highest BCUT2D eigenvalue weighted by Crippen LogP contribution is 2.19. The molecule has 108 valence electrons. The number of allylic oxidation sites excluding steroid dienone is 1. The number of hydrazine groups is 1. The molecular formula is C14H16N6O. The van der Waals surface area contributed by atoms with Gasteiger partial charge in [-0.1, -0.05) is 12.1 Å². The van der Waals surface area contributed by atoms with Crippen molar-refractivity contribution in [1.82, 2.24) is 15.0 Å². The molecule has 0 saturated heterocycles. The van der Waals surface area contributed by atoms with Crippen molar-refractivity contribution in [2.75, 3.05) is 0 Å². The van der Waals surface area contributed by atoms with E-state index in [-0.39, 0.29) is 11.4 Å². The van der Waals surface area contributed by atoms with Crippen molar-refractivity contribution >= 4 is 5.70 Å². The number of benzene rings is 1. The largest absolute Gasteiger partial charge is 0.486 e. The van der Waals surface area contributed by atoms with E-state index in [1.165, 1.54) is 0 Å². The second-order valence-electron chi connectivity index (χ2n) is 4.32. The Morgan fingerprint density at radius 1 is 1.52 bits per heavy atom. The zero-order valence-electron chi connectivity index (χ0n) is 11.6. The summed E-state index contributed by atoms with van der Waals surface area (Å²) in [5.74, 6) is 6.69. The third-order valence-electron chi connectivity index (χ3n) is 2.96. The van der Waals surface area contributed by atoms with Gasteiger partial charge in [0.15, 0.2) is 5.70 Å². The van der Waals surface area contributed by atoms with Crippen LogP contribution >= 0.6 is 0 Å². The van der Waals surface area contributed by atoms with Gasteiger partial charge in [-0.25, -0.2) is 10.8 Å². The van der Waals surface area contributed by atoms with E-state index in [9.17, 15) is 0 Å². The van der Waals surface area contributed by atoms with Gasteiger partial charge in [0.2, 0.25) is 0 Å². The van der Waals surface area contributed by atoms with Crippen molar-refractivity contribution in [2.24, 2.45) is 18.6 Å². The Balaban J connectivity index is 2.17. The van der Waals surface area contributed by atoms with E-state index >= 15 is 0 Å². The van der Waals surface area contributed by atoms with Crippen LogP contribution in [0.4, 0.5) is 0 Å². The maximum absolute atomic E-state index is 8.91. The van der Waals surface area contributed by atoms with Gasteiger partial charge in [-0.2, -0.15) is 5.26 Å². The molecular weight excluding hydrogens is 268 g/mol. The van der Waals surface area contributed by atoms with E-state index in [1.54, 1.807) is 24.4 Å². The van der Waals surface area contributed by atoms with E-state index in [0.717, 1.165) is 5.82 Å². The number of ether oxygens (including phenoxy) is 1. The summed E-state index contributed by atoms with van der Waals surface area (Å²) in [5.41, 5.74) is 9.19. The number of rotatable bonds is 5. The molecule has 0 aliphatic rings. The Bertz CT molecular complexity index is 697. The Labute approximate surface area is 122 Å². The Morgan fingerprint density at radius 2 is 2.33 bits per heavy atom. The molecule has 1 aromatic heterocycles. The number of nitriles is 1. The molecule has 7 heteroatoms. The zero-order valence-corrected chi connectivity index (χ0v) is 11.6. The predicted molar refractivity (Wildman–Crippen MR) is 78.0 cm³/mol. The first-order valence-corrected chi connectivity index (χ1v) is 6.21. The lowest BCUT2D eigenvalue weighted by Crippen LogP contribution is -2.23. The van der Waals surface area contributed by atoms with Crippen molar-refractivity contribution in [1.29, 1.82) is 5.26 Å². The number of nitrogens with zero attached hydrogens (tertiary/aromatic N) is 3. The molecule has 7 nitrogen and oxygen atoms in total. The third kappa shape index (κ3) is 3.32. The van der Waals surface area contributed by atoms with Crippen LogP contribution in [0.2, 0.25) is 0 Å². The van der Waals surface area contributed by atoms with Crippen LogP contribution in [0.15, 0.2) is 42.4 Å². The van der Waals surface area contributed by atoms with Crippen molar-refractivity contribution in [3.05, 3.63) is 53.7 Å². The molecule has 21 heavy (non-hydrogen) atoms. The first-order chi connectivity index (χ1) is 10.2. The van der Waals surface area contributed by atoms with E-state index in [2.05, 4.69) is 10.4 Å². The van der Waals surface area contributed by atoms with Gasteiger partial charge in [0, 0.05) is 25.0 Å². The van der Waals surface area contributed by atoms with Crippen LogP contribution in [0.1, 0.15) is 11.4 Å². The molecule has 0 radical (unpaired) electrons. The quantitative estimate of drug-likeness (QED) is 0.421. The summed E-state index contributed by atoms with van der Waals surface area (Å²) in [5, 5.41) is 8.91. The number of nitrogens with one attached hydrogen (secondary N) is 1. The first-order valence-electron chi connectivity index (χ1n) is 6.21. The number of hydrogen-bond acceptors (Lipinski definition) is 6. The lowest BCUT2D eigenvalue weighted by molar-refractivity contribution is 0.291. The van der Waals surface area contributed by atoms with Gasteiger partial charge in [0.1, 0.15) is 24.3 Å². The second-order valence-corrected chi connectivity index (χ2v) is 4.32. The van der Waals surface area contributed by atoms with Crippen LogP contribution in [0.5, 0.6) is 5.75 Å². The Kier molecular flexibility index (Phi) is 4.43. The minimum absolute atomic E-state index is 0.108. The van der Waals surface area contributed by atoms with Crippen molar-refractivity contribution in [3.8, 4) is 11.8 Å². The zero-order chi connectivity index (χ0) is 15.2. The maximum atomic E-state index is 8.91. The highest BCUT2D eigenvalue weighted by atomic mass is 16.5. The second kappa shape index (κ2) is 6.45. The average Bonchev–Trinajstić information content (AvgIpc) is 2.92. The molecule has 0 atom stereocenters. The molecule has 0 amide bonds. The van der Waals surface area contributed by atoms with Crippen molar-refractivity contribution < 1.29 is 4.74 Å². The van der Waals surface area contributed by atoms with E-state index in [1.807, 2.05) is 29.9 Å². The van der Waals surface area contributed by atoms with Gasteiger partial charge in [0.25, 0.3) is 0 Å². The topological polar surface area (TPSA) is 115 Å². The fraction of sp³-hybridized carbons (Fsp3) is 0.143. The van der Waals surface area contributed by atoms with E-state index in [0.29, 0.717) is 17.9 Å². The SMILES string of the molecule is Cn1ccnc1COc1cccc(/C(N)=C(\C#N)NN)c1. The number of imidazole rings is 1. The standard InChI is InChI=1S/C14H16N6O/c1-20-6-5-18-13(20)9-21-11-4-2-3-10(7-11)14(16)12(8-15)19-17/h2-7,19H,9,16-17H2,1H3/b14-12-. The average molecular weight is 284 g/mol. The molecule has 0 aliphatic heterocycles. The van der Waals surface area contributed by atoms with Gasteiger partial charge in [0.05, 0.1) is 5.70 Å². The summed E-state index contributed by atoms with van der Waals surface area (Å²) >= 11 is 0. The third-order valence-corrected chi connectivity index (χ3v) is 2.96. The summed E-state index contributed by atoms with van der Waals surface area (Å²) in [6, 6.07) is 9.01. The first kappa shape index (κ1) is 14.4. The van der Waals surface area contributed by atoms with Crippen molar-refractivity contribution in [3.63, 3.8) is 0 Å². The molecule has 1 aromatic carbocycles. The lowest BCUT2D eigenvalue weighted by atomic mass is 10.1. The fourth-order valence-electron chi connectivity index (χ4n) is 1.75. The highest BCUT2D eigenvalue weighted by Gasteiger charge is 2.06. The number of aryl methyl sites for hydroxylation is 1. The molecule has 0 saturated carbocycles. The molecule has 5 N–H and O–H groups in total. The summed E-state index contributed by atoms with van der Waals surface area (Å²) in [7, 11) is 1.90. The summed E-state index contributed by atoms with van der Waals surface area (Å²) in [6.45, 7) is 0.344. The summed E-state index contributed by atoms with van der Waals surface area (Å²) in [6.07, 6.45) is 3.56. The Morgan fingerprint density at radius 3 is 2.95 bits per heavy atom. The van der Waals surface area contributed by atoms with Crippen LogP contribution in [0.25, 0.3) is 5.70 Å². The molecule has 0 fully saturated rings. The minimum atomic E-state index is 0.108. The molecule has 1 heterocycles. The van der Waals surface area contributed by atoms with Gasteiger partial charge >= 0.3 is 0 Å². The van der Waals surface area contributed by atoms with Crippen LogP contribution in [0.3, 0.4) is 0 Å². The Hall–Kier alpha value is -2.98. The molecule has 2 rings (SSSR count). The highest BCUT2D eigenvalue weighted by molar-refractivity contribution is 5.69. The minimum Gasteiger partial charge on any atom is -0.486 e. The van der Waals surface area contributed by atoms with Crippen molar-refractivity contribution in [2.45, 2.75) is 6.61 Å². The number of nitrogens with two attached hydrogens (primary N) is 2. The predicted octanol–water partition coefficient (Wildman–Crippen LogP) is 0.613. The maximum Gasteiger partial charge on any atom is 0.151 e. The number of hydrogen-bond donors (Lipinski definition) is 3. The van der Waals surface area contributed by atoms with Crippen LogP contribution < -0.4 is 21.7 Å². The summed E-state index contributed by atoms with van der Waals surface area (Å²) in [4.78, 5) is 4.18. The smallest absolute Gasteiger partial charge is 0.151 e. The van der Waals surface area contributed by atoms with Gasteiger partial charge < -0.3 is 20.5 Å². The number of aromatic nitrogens is 2. The lowest BCUT2D eigenvalue weighted by Gasteiger charge is -2.09. The summed E-state index contributed by atoms with van der Waals surface area (Å²) < 4.78 is 7.55.